The van der Waals surface area contributed by atoms with Gasteiger partial charge in [-0.2, -0.15) is 0 Å². The van der Waals surface area contributed by atoms with E-state index in [9.17, 15) is 4.79 Å². The number of carbonyl (C=O) groups is 1. The van der Waals surface area contributed by atoms with Crippen molar-refractivity contribution < 1.29 is 9.53 Å². The minimum absolute atomic E-state index is 0.0382. The molecule has 1 saturated carbocycles. The van der Waals surface area contributed by atoms with Gasteiger partial charge < -0.3 is 4.74 Å². The summed E-state index contributed by atoms with van der Waals surface area (Å²) in [6.07, 6.45) is 3.16. The molecule has 1 fully saturated rings. The molecule has 0 amide bonds. The van der Waals surface area contributed by atoms with Crippen LogP contribution < -0.4 is 0 Å². The average molecular weight is 202 g/mol. The maximum atomic E-state index is 11.9. The first-order valence-electron chi connectivity index (χ1n) is 5.46. The number of hydrogen-bond donors (Lipinski definition) is 0. The van der Waals surface area contributed by atoms with Crippen molar-refractivity contribution in [1.29, 1.82) is 0 Å². The van der Waals surface area contributed by atoms with Gasteiger partial charge in [0.05, 0.1) is 12.5 Å². The number of benzene rings is 1. The fourth-order valence-corrected chi connectivity index (χ4v) is 3.23. The van der Waals surface area contributed by atoms with Crippen LogP contribution in [0.15, 0.2) is 24.3 Å². The molecule has 78 valence electrons. The van der Waals surface area contributed by atoms with Crippen molar-refractivity contribution in [3.05, 3.63) is 35.4 Å². The number of hydrogen-bond acceptors (Lipinski definition) is 2. The number of carbonyl (C=O) groups excluding carboxylic acids is 1. The summed E-state index contributed by atoms with van der Waals surface area (Å²) in [7, 11) is 1.49. The highest BCUT2D eigenvalue weighted by atomic mass is 16.5. The van der Waals surface area contributed by atoms with Crippen LogP contribution in [-0.4, -0.2) is 13.1 Å². The topological polar surface area (TPSA) is 26.3 Å². The fourth-order valence-electron chi connectivity index (χ4n) is 3.23. The van der Waals surface area contributed by atoms with E-state index in [4.69, 9.17) is 4.74 Å². The molecular formula is C13H14O2. The Morgan fingerprint density at radius 3 is 2.93 bits per heavy atom. The second kappa shape index (κ2) is 2.84. The molecule has 0 aliphatic heterocycles. The Morgan fingerprint density at radius 1 is 1.47 bits per heavy atom. The molecule has 0 N–H and O–H groups in total. The molecule has 2 atom stereocenters. The molecule has 0 heterocycles. The lowest BCUT2D eigenvalue weighted by atomic mass is 9.60. The quantitative estimate of drug-likeness (QED) is 0.651. The lowest BCUT2D eigenvalue weighted by Gasteiger charge is -2.42. The molecule has 0 aromatic heterocycles. The van der Waals surface area contributed by atoms with Crippen molar-refractivity contribution in [2.75, 3.05) is 7.11 Å². The molecule has 0 saturated heterocycles. The first-order valence-corrected chi connectivity index (χ1v) is 5.46. The van der Waals surface area contributed by atoms with Crippen molar-refractivity contribution >= 4 is 5.97 Å². The van der Waals surface area contributed by atoms with Crippen LogP contribution in [0, 0.1) is 5.92 Å². The van der Waals surface area contributed by atoms with Crippen LogP contribution >= 0.6 is 0 Å². The lowest BCUT2D eigenvalue weighted by Crippen LogP contribution is -2.48. The second-order valence-electron chi connectivity index (χ2n) is 4.56. The Bertz CT molecular complexity index is 424. The summed E-state index contributed by atoms with van der Waals surface area (Å²) >= 11 is 0. The standard InChI is InChI=1S/C13H14O2/c1-15-12(14)13-7-6-10(13)8-9-4-2-3-5-11(9)13/h2-5,10H,6-8H2,1H3. The molecule has 1 aromatic carbocycles. The normalized spacial score (nSPS) is 31.4. The van der Waals surface area contributed by atoms with Crippen molar-refractivity contribution in [3.63, 3.8) is 0 Å². The van der Waals surface area contributed by atoms with Gasteiger partial charge in [-0.3, -0.25) is 4.79 Å². The van der Waals surface area contributed by atoms with Gasteiger partial charge in [-0.1, -0.05) is 24.3 Å². The SMILES string of the molecule is COC(=O)C12CCC1Cc1ccccc12. The molecule has 2 heteroatoms. The van der Waals surface area contributed by atoms with E-state index in [1.54, 1.807) is 0 Å². The molecule has 2 nitrogen and oxygen atoms in total. The number of esters is 1. The highest BCUT2D eigenvalue weighted by Gasteiger charge is 2.58. The largest absolute Gasteiger partial charge is 0.468 e. The molecule has 15 heavy (non-hydrogen) atoms. The fraction of sp³-hybridized carbons (Fsp3) is 0.462. The van der Waals surface area contributed by atoms with E-state index in [1.165, 1.54) is 18.2 Å². The number of rotatable bonds is 1. The predicted molar refractivity (Wildman–Crippen MR) is 56.6 cm³/mol. The molecule has 2 aliphatic carbocycles. The molecule has 0 bridgehead atoms. The van der Waals surface area contributed by atoms with Crippen molar-refractivity contribution in [3.8, 4) is 0 Å². The summed E-state index contributed by atoms with van der Waals surface area (Å²) in [5.41, 5.74) is 2.27. The van der Waals surface area contributed by atoms with Gasteiger partial charge in [-0.05, 0) is 36.3 Å². The monoisotopic (exact) mass is 202 g/mol. The maximum absolute atomic E-state index is 11.9. The highest BCUT2D eigenvalue weighted by molar-refractivity contribution is 5.86. The Labute approximate surface area is 89.2 Å². The van der Waals surface area contributed by atoms with Gasteiger partial charge in [-0.25, -0.2) is 0 Å². The van der Waals surface area contributed by atoms with Crippen molar-refractivity contribution in [1.82, 2.24) is 0 Å². The summed E-state index contributed by atoms with van der Waals surface area (Å²) in [6.45, 7) is 0. The van der Waals surface area contributed by atoms with Crippen LogP contribution in [0.25, 0.3) is 0 Å². The molecule has 0 spiro atoms. The molecule has 0 radical (unpaired) electrons. The summed E-state index contributed by atoms with van der Waals surface area (Å²) in [5.74, 6) is 0.450. The number of fused-ring (bicyclic) bond motifs is 3. The van der Waals surface area contributed by atoms with E-state index in [1.807, 2.05) is 6.07 Å². The van der Waals surface area contributed by atoms with Crippen molar-refractivity contribution in [2.45, 2.75) is 24.7 Å². The van der Waals surface area contributed by atoms with E-state index in [-0.39, 0.29) is 11.4 Å². The highest BCUT2D eigenvalue weighted by Crippen LogP contribution is 2.56. The maximum Gasteiger partial charge on any atom is 0.316 e. The third-order valence-electron chi connectivity index (χ3n) is 4.10. The van der Waals surface area contributed by atoms with Crippen molar-refractivity contribution in [2.24, 2.45) is 5.92 Å². The van der Waals surface area contributed by atoms with Gasteiger partial charge >= 0.3 is 5.97 Å². The van der Waals surface area contributed by atoms with Gasteiger partial charge in [0.1, 0.15) is 0 Å². The Balaban J connectivity index is 2.13. The zero-order chi connectivity index (χ0) is 10.5. The second-order valence-corrected chi connectivity index (χ2v) is 4.56. The number of methoxy groups -OCH3 is 1. The minimum Gasteiger partial charge on any atom is -0.468 e. The van der Waals surface area contributed by atoms with Gasteiger partial charge in [0.15, 0.2) is 0 Å². The van der Waals surface area contributed by atoms with Gasteiger partial charge in [0, 0.05) is 0 Å². The third kappa shape index (κ3) is 0.921. The zero-order valence-corrected chi connectivity index (χ0v) is 8.82. The van der Waals surface area contributed by atoms with Crippen LogP contribution in [0.4, 0.5) is 0 Å². The molecular weight excluding hydrogens is 188 g/mol. The predicted octanol–water partition coefficient (Wildman–Crippen LogP) is 2.06. The average Bonchev–Trinajstić information content (AvgIpc) is 2.47. The van der Waals surface area contributed by atoms with Crippen LogP contribution in [0.3, 0.4) is 0 Å². The minimum atomic E-state index is -0.286. The Hall–Kier alpha value is -1.31. The van der Waals surface area contributed by atoms with E-state index in [0.717, 1.165) is 19.3 Å². The molecule has 2 unspecified atom stereocenters. The van der Waals surface area contributed by atoms with Gasteiger partial charge in [0.2, 0.25) is 0 Å². The van der Waals surface area contributed by atoms with Gasteiger partial charge in [-0.15, -0.1) is 0 Å². The van der Waals surface area contributed by atoms with Crippen LogP contribution in [0.2, 0.25) is 0 Å². The van der Waals surface area contributed by atoms with Crippen LogP contribution in [-0.2, 0) is 21.4 Å². The van der Waals surface area contributed by atoms with E-state index >= 15 is 0 Å². The zero-order valence-electron chi connectivity index (χ0n) is 8.82. The first kappa shape index (κ1) is 8.96. The third-order valence-corrected chi connectivity index (χ3v) is 4.10. The number of ether oxygens (including phenoxy) is 1. The summed E-state index contributed by atoms with van der Waals surface area (Å²) in [6, 6.07) is 8.29. The molecule has 3 rings (SSSR count). The Morgan fingerprint density at radius 2 is 2.27 bits per heavy atom. The summed E-state index contributed by atoms with van der Waals surface area (Å²) < 4.78 is 4.98. The van der Waals surface area contributed by atoms with E-state index in [0.29, 0.717) is 5.92 Å². The smallest absolute Gasteiger partial charge is 0.316 e. The molecule has 1 aromatic rings. The lowest BCUT2D eigenvalue weighted by molar-refractivity contribution is -0.154. The Kier molecular flexibility index (Phi) is 1.70. The summed E-state index contributed by atoms with van der Waals surface area (Å²) in [4.78, 5) is 11.9. The molecule has 2 aliphatic rings. The van der Waals surface area contributed by atoms with Gasteiger partial charge in [0.25, 0.3) is 0 Å². The van der Waals surface area contributed by atoms with Crippen LogP contribution in [0.1, 0.15) is 24.0 Å². The van der Waals surface area contributed by atoms with E-state index < -0.39 is 0 Å². The van der Waals surface area contributed by atoms with Crippen LogP contribution in [0.5, 0.6) is 0 Å². The summed E-state index contributed by atoms with van der Waals surface area (Å²) in [5, 5.41) is 0. The van der Waals surface area contributed by atoms with E-state index in [2.05, 4.69) is 18.2 Å². The first-order chi connectivity index (χ1) is 7.29.